The molecule has 0 aliphatic rings. The van der Waals surface area contributed by atoms with Crippen molar-refractivity contribution in [2.45, 2.75) is 10.8 Å². The van der Waals surface area contributed by atoms with E-state index in [-0.39, 0.29) is 11.5 Å². The van der Waals surface area contributed by atoms with Gasteiger partial charge in [0, 0.05) is 11.9 Å². The number of benzene rings is 1. The van der Waals surface area contributed by atoms with E-state index in [1.165, 1.54) is 30.1 Å². The highest BCUT2D eigenvalue weighted by Gasteiger charge is 1.97. The van der Waals surface area contributed by atoms with Crippen LogP contribution in [0.4, 0.5) is 4.39 Å². The molecular formula is C11H9FN2OS. The Labute approximate surface area is 95.7 Å². The molecule has 5 heteroatoms. The number of hydrogen-bond acceptors (Lipinski definition) is 3. The van der Waals surface area contributed by atoms with Gasteiger partial charge in [-0.1, -0.05) is 12.1 Å². The molecule has 1 aromatic carbocycles. The number of nitrogens with one attached hydrogen (secondary N) is 1. The van der Waals surface area contributed by atoms with E-state index in [0.717, 1.165) is 10.6 Å². The monoisotopic (exact) mass is 236 g/mol. The third-order valence-electron chi connectivity index (χ3n) is 1.96. The highest BCUT2D eigenvalue weighted by Crippen LogP contribution is 2.19. The molecule has 0 amide bonds. The number of nitrogens with zero attached hydrogens (tertiary/aromatic N) is 1. The molecule has 0 aliphatic heterocycles. The van der Waals surface area contributed by atoms with E-state index in [1.54, 1.807) is 18.2 Å². The van der Waals surface area contributed by atoms with Gasteiger partial charge in [0.2, 0.25) is 0 Å². The molecule has 0 atom stereocenters. The Kier molecular flexibility index (Phi) is 3.36. The van der Waals surface area contributed by atoms with E-state index in [9.17, 15) is 9.18 Å². The van der Waals surface area contributed by atoms with Crippen LogP contribution in [0.2, 0.25) is 0 Å². The Morgan fingerprint density at radius 1 is 1.25 bits per heavy atom. The van der Waals surface area contributed by atoms with Crippen molar-refractivity contribution in [3.8, 4) is 0 Å². The second-order valence-electron chi connectivity index (χ2n) is 3.15. The first kappa shape index (κ1) is 10.9. The fourth-order valence-electron chi connectivity index (χ4n) is 1.18. The average Bonchev–Trinajstić information content (AvgIpc) is 2.28. The summed E-state index contributed by atoms with van der Waals surface area (Å²) in [6.07, 6.45) is 1.46. The predicted octanol–water partition coefficient (Wildman–Crippen LogP) is 2.20. The van der Waals surface area contributed by atoms with Gasteiger partial charge in [0.25, 0.3) is 0 Å². The van der Waals surface area contributed by atoms with E-state index in [2.05, 4.69) is 9.97 Å². The van der Waals surface area contributed by atoms with E-state index >= 15 is 0 Å². The summed E-state index contributed by atoms with van der Waals surface area (Å²) in [5.41, 5.74) is 0.646. The highest BCUT2D eigenvalue weighted by molar-refractivity contribution is 7.98. The van der Waals surface area contributed by atoms with Gasteiger partial charge in [-0.25, -0.2) is 14.2 Å². The van der Waals surface area contributed by atoms with Crippen molar-refractivity contribution in [2.75, 3.05) is 0 Å². The molecule has 0 spiro atoms. The van der Waals surface area contributed by atoms with Crippen LogP contribution in [-0.4, -0.2) is 9.97 Å². The lowest BCUT2D eigenvalue weighted by Crippen LogP contribution is -2.08. The van der Waals surface area contributed by atoms with Crippen LogP contribution >= 0.6 is 11.8 Å². The molecule has 2 rings (SSSR count). The summed E-state index contributed by atoms with van der Waals surface area (Å²) in [4.78, 5) is 17.1. The fourth-order valence-corrected chi connectivity index (χ4v) is 2.01. The van der Waals surface area contributed by atoms with Crippen molar-refractivity contribution in [1.82, 2.24) is 9.97 Å². The lowest BCUT2D eigenvalue weighted by atomic mass is 10.2. The van der Waals surface area contributed by atoms with Gasteiger partial charge >= 0.3 is 5.69 Å². The molecule has 0 fully saturated rings. The molecule has 0 radical (unpaired) electrons. The molecule has 0 saturated heterocycles. The third kappa shape index (κ3) is 2.93. The van der Waals surface area contributed by atoms with Crippen LogP contribution < -0.4 is 5.69 Å². The van der Waals surface area contributed by atoms with Crippen LogP contribution in [0.3, 0.4) is 0 Å². The average molecular weight is 236 g/mol. The van der Waals surface area contributed by atoms with Crippen LogP contribution in [0, 0.1) is 5.82 Å². The summed E-state index contributed by atoms with van der Waals surface area (Å²) < 4.78 is 12.6. The van der Waals surface area contributed by atoms with Gasteiger partial charge in [0.1, 0.15) is 5.82 Å². The minimum absolute atomic E-state index is 0.244. The Balaban J connectivity index is 2.02. The summed E-state index contributed by atoms with van der Waals surface area (Å²) in [6, 6.07) is 8.02. The number of aromatic nitrogens is 2. The van der Waals surface area contributed by atoms with Crippen molar-refractivity contribution >= 4 is 11.8 Å². The number of rotatable bonds is 3. The van der Waals surface area contributed by atoms with Crippen molar-refractivity contribution in [3.63, 3.8) is 0 Å². The number of hydrogen-bond donors (Lipinski definition) is 1. The first-order valence-electron chi connectivity index (χ1n) is 4.66. The largest absolute Gasteiger partial charge is 0.345 e. The maximum Gasteiger partial charge on any atom is 0.345 e. The zero-order chi connectivity index (χ0) is 11.4. The van der Waals surface area contributed by atoms with Crippen molar-refractivity contribution in [2.24, 2.45) is 0 Å². The quantitative estimate of drug-likeness (QED) is 0.656. The summed E-state index contributed by atoms with van der Waals surface area (Å²) in [5, 5.41) is 0.754. The lowest BCUT2D eigenvalue weighted by Gasteiger charge is -2.01. The molecule has 2 aromatic rings. The standard InChI is InChI=1S/C11H9FN2OS/c12-9-3-1-8(2-4-9)7-16-10-5-6-13-11(15)14-10/h1-6H,7H2,(H,13,14,15). The van der Waals surface area contributed by atoms with Gasteiger partial charge in [-0.2, -0.15) is 0 Å². The maximum atomic E-state index is 12.6. The third-order valence-corrected chi connectivity index (χ3v) is 2.98. The lowest BCUT2D eigenvalue weighted by molar-refractivity contribution is 0.627. The minimum atomic E-state index is -0.357. The summed E-state index contributed by atoms with van der Waals surface area (Å²) >= 11 is 1.48. The van der Waals surface area contributed by atoms with Gasteiger partial charge in [-0.15, -0.1) is 11.8 Å². The van der Waals surface area contributed by atoms with Crippen LogP contribution in [0.1, 0.15) is 5.56 Å². The van der Waals surface area contributed by atoms with Crippen LogP contribution in [-0.2, 0) is 5.75 Å². The molecular weight excluding hydrogens is 227 g/mol. The summed E-state index contributed by atoms with van der Waals surface area (Å²) in [6.45, 7) is 0. The fraction of sp³-hybridized carbons (Fsp3) is 0.0909. The molecule has 0 unspecified atom stereocenters. The van der Waals surface area contributed by atoms with Crippen LogP contribution in [0.15, 0.2) is 46.3 Å². The van der Waals surface area contributed by atoms with Crippen LogP contribution in [0.5, 0.6) is 0 Å². The number of H-pyrrole nitrogens is 1. The topological polar surface area (TPSA) is 45.8 Å². The van der Waals surface area contributed by atoms with Crippen molar-refractivity contribution < 1.29 is 4.39 Å². The summed E-state index contributed by atoms with van der Waals surface area (Å²) in [7, 11) is 0. The molecule has 1 N–H and O–H groups in total. The molecule has 0 bridgehead atoms. The minimum Gasteiger partial charge on any atom is -0.300 e. The van der Waals surface area contributed by atoms with Crippen molar-refractivity contribution in [3.05, 3.63) is 58.4 Å². The Morgan fingerprint density at radius 3 is 2.69 bits per heavy atom. The number of aromatic amines is 1. The first-order chi connectivity index (χ1) is 7.74. The van der Waals surface area contributed by atoms with E-state index in [4.69, 9.17) is 0 Å². The van der Waals surface area contributed by atoms with Crippen molar-refractivity contribution in [1.29, 1.82) is 0 Å². The van der Waals surface area contributed by atoms with Gasteiger partial charge in [0.05, 0.1) is 5.03 Å². The first-order valence-corrected chi connectivity index (χ1v) is 5.65. The van der Waals surface area contributed by atoms with Gasteiger partial charge < -0.3 is 4.98 Å². The second kappa shape index (κ2) is 4.94. The molecule has 16 heavy (non-hydrogen) atoms. The smallest absolute Gasteiger partial charge is 0.300 e. The summed E-state index contributed by atoms with van der Waals surface area (Å²) in [5.74, 6) is 0.436. The predicted molar refractivity (Wildman–Crippen MR) is 60.8 cm³/mol. The zero-order valence-electron chi connectivity index (χ0n) is 8.31. The highest BCUT2D eigenvalue weighted by atomic mass is 32.2. The zero-order valence-corrected chi connectivity index (χ0v) is 9.13. The molecule has 0 saturated carbocycles. The maximum absolute atomic E-state index is 12.6. The van der Waals surface area contributed by atoms with Gasteiger partial charge in [0.15, 0.2) is 0 Å². The van der Waals surface area contributed by atoms with E-state index in [0.29, 0.717) is 5.75 Å². The second-order valence-corrected chi connectivity index (χ2v) is 4.17. The Hall–Kier alpha value is -1.62. The number of halogens is 1. The van der Waals surface area contributed by atoms with E-state index < -0.39 is 0 Å². The Morgan fingerprint density at radius 2 is 2.00 bits per heavy atom. The molecule has 82 valence electrons. The van der Waals surface area contributed by atoms with Crippen LogP contribution in [0.25, 0.3) is 0 Å². The molecule has 1 aromatic heterocycles. The molecule has 1 heterocycles. The van der Waals surface area contributed by atoms with E-state index in [1.807, 2.05) is 0 Å². The van der Waals surface area contributed by atoms with Gasteiger partial charge in [-0.3, -0.25) is 0 Å². The SMILES string of the molecule is O=c1nccc(SCc2ccc(F)cc2)[nH]1. The Bertz CT molecular complexity index is 524. The van der Waals surface area contributed by atoms with Gasteiger partial charge in [-0.05, 0) is 23.8 Å². The normalized spacial score (nSPS) is 10.3. The molecule has 3 nitrogen and oxygen atoms in total. The molecule has 0 aliphatic carbocycles. The number of thioether (sulfide) groups is 1.